The Kier molecular flexibility index (Phi) is 4.76. The highest BCUT2D eigenvalue weighted by molar-refractivity contribution is 5.78. The van der Waals surface area contributed by atoms with E-state index in [4.69, 9.17) is 0 Å². The largest absolute Gasteiger partial charge is 0.356 e. The van der Waals surface area contributed by atoms with Crippen LogP contribution in [0.3, 0.4) is 0 Å². The summed E-state index contributed by atoms with van der Waals surface area (Å²) in [6, 6.07) is 8.66. The summed E-state index contributed by atoms with van der Waals surface area (Å²) in [6.45, 7) is 3.95. The smallest absolute Gasteiger partial charge is 0.224 e. The highest BCUT2D eigenvalue weighted by Gasteiger charge is 2.13. The Morgan fingerprint density at radius 1 is 1.44 bits per heavy atom. The molecule has 2 rings (SSSR count). The fourth-order valence-electron chi connectivity index (χ4n) is 2.43. The Hall–Kier alpha value is -1.35. The third-order valence-electron chi connectivity index (χ3n) is 3.59. The van der Waals surface area contributed by atoms with E-state index in [0.29, 0.717) is 12.5 Å². The number of aryl methyl sites for hydroxylation is 1. The molecule has 0 spiro atoms. The summed E-state index contributed by atoms with van der Waals surface area (Å²) in [5.74, 6) is 0.127. The van der Waals surface area contributed by atoms with E-state index < -0.39 is 0 Å². The maximum Gasteiger partial charge on any atom is 0.224 e. The van der Waals surface area contributed by atoms with Gasteiger partial charge in [0, 0.05) is 12.6 Å². The molecule has 3 nitrogen and oxygen atoms in total. The molecule has 98 valence electrons. The molecule has 0 radical (unpaired) electrons. The third kappa shape index (κ3) is 3.84. The Bertz CT molecular complexity index is 397. The van der Waals surface area contributed by atoms with Crippen molar-refractivity contribution in [3.63, 3.8) is 0 Å². The van der Waals surface area contributed by atoms with Gasteiger partial charge in [-0.3, -0.25) is 4.79 Å². The Balaban J connectivity index is 1.70. The maximum atomic E-state index is 11.8. The number of carbonyl (C=O) groups is 1. The monoisotopic (exact) mass is 246 g/mol. The molecule has 1 aliphatic rings. The minimum absolute atomic E-state index is 0.127. The average molecular weight is 246 g/mol. The number of nitrogens with one attached hydrogen (secondary N) is 2. The van der Waals surface area contributed by atoms with Gasteiger partial charge in [0.2, 0.25) is 5.91 Å². The summed E-state index contributed by atoms with van der Waals surface area (Å²) in [4.78, 5) is 11.8. The van der Waals surface area contributed by atoms with Gasteiger partial charge in [-0.25, -0.2) is 0 Å². The molecule has 3 heteroatoms. The number of amides is 1. The SMILES string of the molecule is Cc1ccccc1CC(=O)NCCC1CCCN1. The van der Waals surface area contributed by atoms with Crippen LogP contribution in [-0.2, 0) is 11.2 Å². The van der Waals surface area contributed by atoms with Gasteiger partial charge in [-0.05, 0) is 43.9 Å². The Labute approximate surface area is 109 Å². The van der Waals surface area contributed by atoms with Crippen LogP contribution < -0.4 is 10.6 Å². The number of hydrogen-bond acceptors (Lipinski definition) is 2. The Morgan fingerprint density at radius 2 is 2.28 bits per heavy atom. The molecule has 1 atom stereocenters. The minimum atomic E-state index is 0.127. The molecule has 1 fully saturated rings. The van der Waals surface area contributed by atoms with Gasteiger partial charge in [0.05, 0.1) is 6.42 Å². The van der Waals surface area contributed by atoms with Crippen LogP contribution in [0.2, 0.25) is 0 Å². The van der Waals surface area contributed by atoms with Gasteiger partial charge in [-0.1, -0.05) is 24.3 Å². The molecule has 0 bridgehead atoms. The van der Waals surface area contributed by atoms with Crippen LogP contribution >= 0.6 is 0 Å². The lowest BCUT2D eigenvalue weighted by atomic mass is 10.1. The van der Waals surface area contributed by atoms with Gasteiger partial charge in [-0.2, -0.15) is 0 Å². The molecule has 1 aromatic carbocycles. The van der Waals surface area contributed by atoms with Crippen LogP contribution in [0, 0.1) is 6.92 Å². The molecule has 1 unspecified atom stereocenters. The summed E-state index contributed by atoms with van der Waals surface area (Å²) in [5, 5.41) is 6.44. The fraction of sp³-hybridized carbons (Fsp3) is 0.533. The number of hydrogen-bond donors (Lipinski definition) is 2. The van der Waals surface area contributed by atoms with Crippen LogP contribution in [0.25, 0.3) is 0 Å². The van der Waals surface area contributed by atoms with Crippen LogP contribution in [0.4, 0.5) is 0 Å². The molecule has 0 aliphatic carbocycles. The lowest BCUT2D eigenvalue weighted by molar-refractivity contribution is -0.120. The second-order valence-electron chi connectivity index (χ2n) is 5.04. The fourth-order valence-corrected chi connectivity index (χ4v) is 2.43. The van der Waals surface area contributed by atoms with Gasteiger partial charge in [-0.15, -0.1) is 0 Å². The first kappa shape index (κ1) is 13.1. The number of rotatable bonds is 5. The van der Waals surface area contributed by atoms with E-state index in [-0.39, 0.29) is 5.91 Å². The molecule has 1 amide bonds. The summed E-state index contributed by atoms with van der Waals surface area (Å²) < 4.78 is 0. The first-order valence-corrected chi connectivity index (χ1v) is 6.80. The predicted octanol–water partition coefficient (Wildman–Crippen LogP) is 1.80. The quantitative estimate of drug-likeness (QED) is 0.831. The van der Waals surface area contributed by atoms with Gasteiger partial charge in [0.25, 0.3) is 0 Å². The van der Waals surface area contributed by atoms with E-state index in [2.05, 4.69) is 10.6 Å². The van der Waals surface area contributed by atoms with E-state index in [1.54, 1.807) is 0 Å². The van der Waals surface area contributed by atoms with Crippen molar-refractivity contribution in [3.05, 3.63) is 35.4 Å². The molecule has 18 heavy (non-hydrogen) atoms. The van der Waals surface area contributed by atoms with Crippen molar-refractivity contribution < 1.29 is 4.79 Å². The molecule has 1 aliphatic heterocycles. The van der Waals surface area contributed by atoms with E-state index in [9.17, 15) is 4.79 Å². The van der Waals surface area contributed by atoms with Crippen molar-refractivity contribution in [2.45, 2.75) is 38.6 Å². The molecular weight excluding hydrogens is 224 g/mol. The molecule has 1 aromatic rings. The van der Waals surface area contributed by atoms with E-state index >= 15 is 0 Å². The normalized spacial score (nSPS) is 18.8. The van der Waals surface area contributed by atoms with Gasteiger partial charge >= 0.3 is 0 Å². The first-order valence-electron chi connectivity index (χ1n) is 6.80. The van der Waals surface area contributed by atoms with Crippen LogP contribution in [0.15, 0.2) is 24.3 Å². The molecule has 1 saturated heterocycles. The second kappa shape index (κ2) is 6.55. The van der Waals surface area contributed by atoms with Crippen molar-refractivity contribution in [1.82, 2.24) is 10.6 Å². The van der Waals surface area contributed by atoms with Crippen LogP contribution in [0.1, 0.15) is 30.4 Å². The van der Waals surface area contributed by atoms with E-state index in [1.165, 1.54) is 18.4 Å². The zero-order chi connectivity index (χ0) is 12.8. The highest BCUT2D eigenvalue weighted by atomic mass is 16.1. The highest BCUT2D eigenvalue weighted by Crippen LogP contribution is 2.09. The van der Waals surface area contributed by atoms with Crippen LogP contribution in [0.5, 0.6) is 0 Å². The van der Waals surface area contributed by atoms with Crippen molar-refractivity contribution in [2.75, 3.05) is 13.1 Å². The first-order chi connectivity index (χ1) is 8.75. The van der Waals surface area contributed by atoms with Gasteiger partial charge < -0.3 is 10.6 Å². The third-order valence-corrected chi connectivity index (χ3v) is 3.59. The minimum Gasteiger partial charge on any atom is -0.356 e. The zero-order valence-electron chi connectivity index (χ0n) is 11.0. The molecular formula is C15H22N2O. The second-order valence-corrected chi connectivity index (χ2v) is 5.04. The summed E-state index contributed by atoms with van der Waals surface area (Å²) >= 11 is 0. The van der Waals surface area contributed by atoms with E-state index in [0.717, 1.165) is 25.1 Å². The van der Waals surface area contributed by atoms with Crippen molar-refractivity contribution >= 4 is 5.91 Å². The van der Waals surface area contributed by atoms with Crippen molar-refractivity contribution in [1.29, 1.82) is 0 Å². The summed E-state index contributed by atoms with van der Waals surface area (Å²) in [7, 11) is 0. The summed E-state index contributed by atoms with van der Waals surface area (Å²) in [6.07, 6.45) is 4.04. The van der Waals surface area contributed by atoms with Crippen molar-refractivity contribution in [2.24, 2.45) is 0 Å². The number of benzene rings is 1. The maximum absolute atomic E-state index is 11.8. The topological polar surface area (TPSA) is 41.1 Å². The van der Waals surface area contributed by atoms with Gasteiger partial charge in [0.15, 0.2) is 0 Å². The average Bonchev–Trinajstić information content (AvgIpc) is 2.85. The molecule has 0 saturated carbocycles. The van der Waals surface area contributed by atoms with Crippen molar-refractivity contribution in [3.8, 4) is 0 Å². The van der Waals surface area contributed by atoms with Gasteiger partial charge in [0.1, 0.15) is 0 Å². The number of carbonyl (C=O) groups excluding carboxylic acids is 1. The summed E-state index contributed by atoms with van der Waals surface area (Å²) in [5.41, 5.74) is 2.30. The molecule has 0 aromatic heterocycles. The standard InChI is InChI=1S/C15H22N2O/c1-12-5-2-3-6-13(12)11-15(18)17-10-8-14-7-4-9-16-14/h2-3,5-6,14,16H,4,7-11H2,1H3,(H,17,18). The Morgan fingerprint density at radius 3 is 3.00 bits per heavy atom. The lowest BCUT2D eigenvalue weighted by Crippen LogP contribution is -2.31. The predicted molar refractivity (Wildman–Crippen MR) is 73.5 cm³/mol. The molecule has 2 N–H and O–H groups in total. The zero-order valence-corrected chi connectivity index (χ0v) is 11.0. The lowest BCUT2D eigenvalue weighted by Gasteiger charge is -2.11. The van der Waals surface area contributed by atoms with E-state index in [1.807, 2.05) is 31.2 Å². The molecule has 1 heterocycles. The van der Waals surface area contributed by atoms with Crippen LogP contribution in [-0.4, -0.2) is 25.0 Å².